The van der Waals surface area contributed by atoms with E-state index in [0.29, 0.717) is 24.6 Å². The number of morpholine rings is 1. The largest absolute Gasteiger partial charge is 0.373 e. The molecule has 0 radical (unpaired) electrons. The van der Waals surface area contributed by atoms with Crippen molar-refractivity contribution in [2.45, 2.75) is 39.5 Å². The van der Waals surface area contributed by atoms with Crippen molar-refractivity contribution < 1.29 is 9.53 Å². The first-order valence-corrected chi connectivity index (χ1v) is 8.43. The topological polar surface area (TPSA) is 67.6 Å². The fraction of sp³-hybridized carbons (Fsp3) is 0.611. The van der Waals surface area contributed by atoms with Crippen molar-refractivity contribution in [2.75, 3.05) is 26.2 Å². The average molecular weight is 392 g/mol. The number of amides is 1. The van der Waals surface area contributed by atoms with Gasteiger partial charge in [-0.05, 0) is 44.0 Å². The van der Waals surface area contributed by atoms with Crippen molar-refractivity contribution in [3.63, 3.8) is 0 Å². The van der Waals surface area contributed by atoms with Crippen molar-refractivity contribution >= 4 is 30.7 Å². The second kappa shape index (κ2) is 11.7. The predicted molar refractivity (Wildman–Crippen MR) is 107 cm³/mol. The quantitative estimate of drug-likeness (QED) is 0.781. The molecule has 3 unspecified atom stereocenters. The molecule has 1 aliphatic heterocycles. The summed E-state index contributed by atoms with van der Waals surface area (Å²) >= 11 is 0. The number of nitrogens with zero attached hydrogens (tertiary/aromatic N) is 1. The summed E-state index contributed by atoms with van der Waals surface area (Å²) in [7, 11) is 0. The molecule has 2 rings (SSSR count). The fourth-order valence-corrected chi connectivity index (χ4v) is 2.89. The summed E-state index contributed by atoms with van der Waals surface area (Å²) in [6.07, 6.45) is 0.543. The summed E-state index contributed by atoms with van der Waals surface area (Å²) in [5.74, 6) is 0.258. The molecule has 0 saturated carbocycles. The third-order valence-corrected chi connectivity index (χ3v) is 4.13. The molecule has 7 heteroatoms. The lowest BCUT2D eigenvalue weighted by Crippen LogP contribution is -2.44. The van der Waals surface area contributed by atoms with Gasteiger partial charge in [0.15, 0.2) is 0 Å². The first-order chi connectivity index (χ1) is 11.0. The number of carbonyl (C=O) groups excluding carboxylic acids is 1. The SMILES string of the molecule is CC(CN)CNC(=O)c1ccc(CN2CC(C)OC(C)C2)cc1.Cl.Cl. The maximum atomic E-state index is 12.1. The number of hydrogen-bond acceptors (Lipinski definition) is 4. The van der Waals surface area contributed by atoms with Gasteiger partial charge in [0.25, 0.3) is 5.91 Å². The second-order valence-corrected chi connectivity index (χ2v) is 6.70. The first-order valence-electron chi connectivity index (χ1n) is 8.43. The van der Waals surface area contributed by atoms with Gasteiger partial charge in [-0.3, -0.25) is 9.69 Å². The van der Waals surface area contributed by atoms with Gasteiger partial charge in [-0.1, -0.05) is 19.1 Å². The minimum absolute atomic E-state index is 0. The summed E-state index contributed by atoms with van der Waals surface area (Å²) in [5.41, 5.74) is 7.48. The Balaban J connectivity index is 0.00000288. The fourth-order valence-electron chi connectivity index (χ4n) is 2.89. The van der Waals surface area contributed by atoms with Crippen LogP contribution in [0.3, 0.4) is 0 Å². The van der Waals surface area contributed by atoms with E-state index in [1.165, 1.54) is 5.56 Å². The summed E-state index contributed by atoms with van der Waals surface area (Å²) < 4.78 is 5.76. The van der Waals surface area contributed by atoms with Gasteiger partial charge >= 0.3 is 0 Å². The van der Waals surface area contributed by atoms with Crippen molar-refractivity contribution in [2.24, 2.45) is 11.7 Å². The van der Waals surface area contributed by atoms with E-state index in [-0.39, 0.29) is 42.9 Å². The standard InChI is InChI=1S/C18H29N3O2.2ClH/c1-13(8-19)9-20-18(22)17-6-4-16(5-7-17)12-21-10-14(2)23-15(3)11-21;;/h4-7,13-15H,8-12,19H2,1-3H3,(H,20,22);2*1H. The molecule has 0 spiro atoms. The molecule has 1 amide bonds. The highest BCUT2D eigenvalue weighted by atomic mass is 35.5. The van der Waals surface area contributed by atoms with E-state index < -0.39 is 0 Å². The number of nitrogens with two attached hydrogens (primary N) is 1. The Labute approximate surface area is 163 Å². The van der Waals surface area contributed by atoms with E-state index in [1.807, 2.05) is 31.2 Å². The van der Waals surface area contributed by atoms with E-state index in [0.717, 1.165) is 19.6 Å². The number of carbonyl (C=O) groups is 1. The van der Waals surface area contributed by atoms with Crippen LogP contribution in [-0.2, 0) is 11.3 Å². The van der Waals surface area contributed by atoms with Crippen LogP contribution < -0.4 is 11.1 Å². The summed E-state index contributed by atoms with van der Waals surface area (Å²) in [5, 5.41) is 2.92. The monoisotopic (exact) mass is 391 g/mol. The molecule has 25 heavy (non-hydrogen) atoms. The van der Waals surface area contributed by atoms with Gasteiger partial charge in [-0.15, -0.1) is 24.8 Å². The van der Waals surface area contributed by atoms with Crippen molar-refractivity contribution in [1.29, 1.82) is 0 Å². The number of nitrogens with one attached hydrogen (secondary N) is 1. The van der Waals surface area contributed by atoms with Crippen LogP contribution in [-0.4, -0.2) is 49.2 Å². The van der Waals surface area contributed by atoms with Crippen LogP contribution in [0.5, 0.6) is 0 Å². The number of rotatable bonds is 6. The molecule has 144 valence electrons. The molecule has 1 aliphatic rings. The number of benzene rings is 1. The van der Waals surface area contributed by atoms with Crippen LogP contribution in [0.25, 0.3) is 0 Å². The van der Waals surface area contributed by atoms with Crippen LogP contribution >= 0.6 is 24.8 Å². The van der Waals surface area contributed by atoms with Gasteiger partial charge in [0, 0.05) is 31.7 Å². The van der Waals surface area contributed by atoms with Crippen LogP contribution in [0.1, 0.15) is 36.7 Å². The van der Waals surface area contributed by atoms with Gasteiger partial charge in [-0.2, -0.15) is 0 Å². The Morgan fingerprint density at radius 1 is 1.24 bits per heavy atom. The number of ether oxygens (including phenoxy) is 1. The molecule has 1 fully saturated rings. The predicted octanol–water partition coefficient (Wildman–Crippen LogP) is 2.46. The van der Waals surface area contributed by atoms with Gasteiger partial charge in [0.05, 0.1) is 12.2 Å². The third-order valence-electron chi connectivity index (χ3n) is 4.13. The normalized spacial score (nSPS) is 21.6. The molecular formula is C18H31Cl2N3O2. The molecule has 1 heterocycles. The van der Waals surface area contributed by atoms with Gasteiger partial charge in [0.2, 0.25) is 0 Å². The lowest BCUT2D eigenvalue weighted by Gasteiger charge is -2.35. The maximum Gasteiger partial charge on any atom is 0.251 e. The Morgan fingerprint density at radius 2 is 1.80 bits per heavy atom. The highest BCUT2D eigenvalue weighted by Crippen LogP contribution is 2.14. The average Bonchev–Trinajstić information content (AvgIpc) is 2.52. The Kier molecular flexibility index (Phi) is 11.3. The van der Waals surface area contributed by atoms with Crippen molar-refractivity contribution in [3.05, 3.63) is 35.4 Å². The molecule has 0 aliphatic carbocycles. The molecule has 3 N–H and O–H groups in total. The molecule has 5 nitrogen and oxygen atoms in total. The van der Waals surface area contributed by atoms with Crippen LogP contribution in [0.15, 0.2) is 24.3 Å². The maximum absolute atomic E-state index is 12.1. The molecule has 1 saturated heterocycles. The second-order valence-electron chi connectivity index (χ2n) is 6.70. The van der Waals surface area contributed by atoms with Gasteiger partial charge < -0.3 is 15.8 Å². The molecule has 1 aromatic rings. The minimum Gasteiger partial charge on any atom is -0.373 e. The number of hydrogen-bond donors (Lipinski definition) is 2. The summed E-state index contributed by atoms with van der Waals surface area (Å²) in [6, 6.07) is 7.86. The molecular weight excluding hydrogens is 361 g/mol. The van der Waals surface area contributed by atoms with E-state index >= 15 is 0 Å². The molecule has 0 bridgehead atoms. The summed E-state index contributed by atoms with van der Waals surface area (Å²) in [6.45, 7) is 10.2. The lowest BCUT2D eigenvalue weighted by molar-refractivity contribution is -0.0704. The molecule has 1 aromatic carbocycles. The van der Waals surface area contributed by atoms with Crippen molar-refractivity contribution in [1.82, 2.24) is 10.2 Å². The van der Waals surface area contributed by atoms with E-state index in [9.17, 15) is 4.79 Å². The smallest absolute Gasteiger partial charge is 0.251 e. The molecule has 3 atom stereocenters. The zero-order valence-corrected chi connectivity index (χ0v) is 16.9. The Morgan fingerprint density at radius 3 is 2.32 bits per heavy atom. The summed E-state index contributed by atoms with van der Waals surface area (Å²) in [4.78, 5) is 14.5. The number of halogens is 2. The van der Waals surface area contributed by atoms with E-state index in [2.05, 4.69) is 24.1 Å². The highest BCUT2D eigenvalue weighted by Gasteiger charge is 2.22. The van der Waals surface area contributed by atoms with Gasteiger partial charge in [0.1, 0.15) is 0 Å². The molecule has 0 aromatic heterocycles. The highest BCUT2D eigenvalue weighted by molar-refractivity contribution is 5.94. The zero-order chi connectivity index (χ0) is 16.8. The Hall–Kier alpha value is -0.850. The van der Waals surface area contributed by atoms with Crippen LogP contribution in [0.4, 0.5) is 0 Å². The third kappa shape index (κ3) is 7.92. The van der Waals surface area contributed by atoms with Crippen molar-refractivity contribution in [3.8, 4) is 0 Å². The van der Waals surface area contributed by atoms with Crippen LogP contribution in [0, 0.1) is 5.92 Å². The van der Waals surface area contributed by atoms with Gasteiger partial charge in [-0.25, -0.2) is 0 Å². The first kappa shape index (κ1) is 24.1. The zero-order valence-electron chi connectivity index (χ0n) is 15.2. The van der Waals surface area contributed by atoms with Crippen LogP contribution in [0.2, 0.25) is 0 Å². The lowest BCUT2D eigenvalue weighted by atomic mass is 10.1. The minimum atomic E-state index is -0.0366. The van der Waals surface area contributed by atoms with E-state index in [1.54, 1.807) is 0 Å². The van der Waals surface area contributed by atoms with E-state index in [4.69, 9.17) is 10.5 Å². The Bertz CT molecular complexity index is 504.